The second-order valence-electron chi connectivity index (χ2n) is 6.29. The third kappa shape index (κ3) is 4.49. The lowest BCUT2D eigenvalue weighted by Gasteiger charge is -2.37. The lowest BCUT2D eigenvalue weighted by Crippen LogP contribution is -2.48. The van der Waals surface area contributed by atoms with E-state index in [4.69, 9.17) is 14.2 Å². The number of nitrogens with zero attached hydrogens (tertiary/aromatic N) is 1. The number of carbonyl (C=O) groups excluding carboxylic acids is 2. The molecule has 2 aliphatic heterocycles. The van der Waals surface area contributed by atoms with Crippen molar-refractivity contribution in [2.45, 2.75) is 31.6 Å². The number of piperidine rings is 1. The molecule has 1 spiro atoms. The number of nitrogens with one attached hydrogen (secondary N) is 1. The van der Waals surface area contributed by atoms with Crippen LogP contribution >= 0.6 is 0 Å². The van der Waals surface area contributed by atoms with Crippen LogP contribution in [0.2, 0.25) is 0 Å². The summed E-state index contributed by atoms with van der Waals surface area (Å²) in [5.74, 6) is -0.161. The van der Waals surface area contributed by atoms with E-state index in [-0.39, 0.29) is 18.2 Å². The first-order valence-electron chi connectivity index (χ1n) is 8.55. The van der Waals surface area contributed by atoms with Gasteiger partial charge in [-0.05, 0) is 17.7 Å². The zero-order valence-electron chi connectivity index (χ0n) is 14.5. The first-order chi connectivity index (χ1) is 12.1. The highest BCUT2D eigenvalue weighted by atomic mass is 16.7. The van der Waals surface area contributed by atoms with Gasteiger partial charge in [-0.2, -0.15) is 0 Å². The molecule has 0 bridgehead atoms. The molecule has 1 N–H and O–H groups in total. The van der Waals surface area contributed by atoms with Crippen molar-refractivity contribution < 1.29 is 23.8 Å². The number of hydrogen-bond acceptors (Lipinski definition) is 5. The molecular formula is C18H24N2O5. The largest absolute Gasteiger partial charge is 0.497 e. The van der Waals surface area contributed by atoms with Crippen molar-refractivity contribution in [3.63, 3.8) is 0 Å². The van der Waals surface area contributed by atoms with Crippen molar-refractivity contribution in [3.8, 4) is 5.75 Å². The van der Waals surface area contributed by atoms with Crippen LogP contribution in [0.1, 0.15) is 24.8 Å². The number of methoxy groups -OCH3 is 1. The van der Waals surface area contributed by atoms with E-state index >= 15 is 0 Å². The van der Waals surface area contributed by atoms with E-state index in [1.54, 1.807) is 12.0 Å². The molecule has 2 amide bonds. The second-order valence-corrected chi connectivity index (χ2v) is 6.29. The van der Waals surface area contributed by atoms with Crippen molar-refractivity contribution in [3.05, 3.63) is 29.8 Å². The molecule has 0 aliphatic carbocycles. The maximum absolute atomic E-state index is 12.3. The molecule has 0 radical (unpaired) electrons. The van der Waals surface area contributed by atoms with E-state index in [9.17, 15) is 9.59 Å². The summed E-state index contributed by atoms with van der Waals surface area (Å²) < 4.78 is 16.4. The Hall–Kier alpha value is -2.12. The van der Waals surface area contributed by atoms with Gasteiger partial charge in [0.25, 0.3) is 0 Å². The van der Waals surface area contributed by atoms with Crippen LogP contribution in [0.25, 0.3) is 0 Å². The highest BCUT2D eigenvalue weighted by Gasteiger charge is 2.40. The summed E-state index contributed by atoms with van der Waals surface area (Å²) in [6.45, 7) is 2.74. The Morgan fingerprint density at radius 1 is 1.16 bits per heavy atom. The standard InChI is InChI=1S/C18H24N2O5/c1-23-15-4-2-14(3-5-15)13-19-16(21)12-17(22)20-8-6-18(7-9-20)24-10-11-25-18/h2-5H,6-13H2,1H3,(H,19,21). The molecule has 2 fully saturated rings. The van der Waals surface area contributed by atoms with Gasteiger partial charge in [0, 0.05) is 32.5 Å². The monoisotopic (exact) mass is 348 g/mol. The van der Waals surface area contributed by atoms with Gasteiger partial charge in [0.2, 0.25) is 11.8 Å². The van der Waals surface area contributed by atoms with Gasteiger partial charge in [-0.15, -0.1) is 0 Å². The molecule has 25 heavy (non-hydrogen) atoms. The zero-order valence-corrected chi connectivity index (χ0v) is 14.5. The second kappa shape index (κ2) is 7.84. The molecule has 136 valence electrons. The Labute approximate surface area is 147 Å². The molecule has 7 nitrogen and oxygen atoms in total. The first-order valence-corrected chi connectivity index (χ1v) is 8.55. The van der Waals surface area contributed by atoms with Crippen LogP contribution in [0.15, 0.2) is 24.3 Å². The molecule has 0 unspecified atom stereocenters. The number of benzene rings is 1. The molecule has 1 aromatic carbocycles. The van der Waals surface area contributed by atoms with Gasteiger partial charge in [-0.1, -0.05) is 12.1 Å². The topological polar surface area (TPSA) is 77.1 Å². The number of ether oxygens (including phenoxy) is 3. The summed E-state index contributed by atoms with van der Waals surface area (Å²) in [5, 5.41) is 2.78. The van der Waals surface area contributed by atoms with Gasteiger partial charge < -0.3 is 24.4 Å². The van der Waals surface area contributed by atoms with Crippen molar-refractivity contribution in [2.75, 3.05) is 33.4 Å². The number of rotatable bonds is 5. The van der Waals surface area contributed by atoms with Crippen LogP contribution in [0, 0.1) is 0 Å². The SMILES string of the molecule is COc1ccc(CNC(=O)CC(=O)N2CCC3(CC2)OCCO3)cc1. The molecule has 2 heterocycles. The molecule has 1 aromatic rings. The molecule has 0 atom stereocenters. The lowest BCUT2D eigenvalue weighted by molar-refractivity contribution is -0.187. The number of carbonyl (C=O) groups is 2. The fourth-order valence-corrected chi connectivity index (χ4v) is 3.14. The van der Waals surface area contributed by atoms with Crippen molar-refractivity contribution in [1.82, 2.24) is 10.2 Å². The van der Waals surface area contributed by atoms with Gasteiger partial charge in [0.15, 0.2) is 5.79 Å². The Balaban J connectivity index is 1.40. The van der Waals surface area contributed by atoms with Gasteiger partial charge in [0.05, 0.1) is 20.3 Å². The zero-order chi connectivity index (χ0) is 17.7. The number of amides is 2. The van der Waals surface area contributed by atoms with Crippen molar-refractivity contribution in [1.29, 1.82) is 0 Å². The third-order valence-corrected chi connectivity index (χ3v) is 4.65. The van der Waals surface area contributed by atoms with Crippen LogP contribution in [-0.2, 0) is 25.6 Å². The predicted octanol–water partition coefficient (Wildman–Crippen LogP) is 1.07. The van der Waals surface area contributed by atoms with E-state index in [2.05, 4.69) is 5.32 Å². The summed E-state index contributed by atoms with van der Waals surface area (Å²) in [5.41, 5.74) is 0.956. The maximum atomic E-state index is 12.3. The van der Waals surface area contributed by atoms with Crippen LogP contribution in [0.3, 0.4) is 0 Å². The molecule has 2 saturated heterocycles. The quantitative estimate of drug-likeness (QED) is 0.806. The minimum absolute atomic E-state index is 0.134. The summed E-state index contributed by atoms with van der Waals surface area (Å²) in [6.07, 6.45) is 1.18. The normalized spacial score (nSPS) is 19.0. The average molecular weight is 348 g/mol. The van der Waals surface area contributed by atoms with Gasteiger partial charge in [-0.25, -0.2) is 0 Å². The van der Waals surface area contributed by atoms with Gasteiger partial charge in [-0.3, -0.25) is 9.59 Å². The summed E-state index contributed by atoms with van der Waals surface area (Å²) >= 11 is 0. The van der Waals surface area contributed by atoms with E-state index in [0.29, 0.717) is 45.7 Å². The Morgan fingerprint density at radius 3 is 2.40 bits per heavy atom. The van der Waals surface area contributed by atoms with Crippen LogP contribution in [-0.4, -0.2) is 55.9 Å². The molecule has 0 saturated carbocycles. The minimum Gasteiger partial charge on any atom is -0.497 e. The van der Waals surface area contributed by atoms with E-state index in [1.165, 1.54) is 0 Å². The van der Waals surface area contributed by atoms with E-state index < -0.39 is 5.79 Å². The molecule has 0 aromatic heterocycles. The minimum atomic E-state index is -0.507. The summed E-state index contributed by atoms with van der Waals surface area (Å²) in [6, 6.07) is 7.44. The van der Waals surface area contributed by atoms with Crippen molar-refractivity contribution >= 4 is 11.8 Å². The highest BCUT2D eigenvalue weighted by Crippen LogP contribution is 2.31. The number of likely N-dealkylation sites (tertiary alicyclic amines) is 1. The Kier molecular flexibility index (Phi) is 5.55. The molecule has 3 rings (SSSR count). The third-order valence-electron chi connectivity index (χ3n) is 4.65. The Morgan fingerprint density at radius 2 is 1.80 bits per heavy atom. The predicted molar refractivity (Wildman–Crippen MR) is 89.9 cm³/mol. The van der Waals surface area contributed by atoms with Gasteiger partial charge in [0.1, 0.15) is 12.2 Å². The van der Waals surface area contributed by atoms with Crippen LogP contribution < -0.4 is 10.1 Å². The summed E-state index contributed by atoms with van der Waals surface area (Å²) in [7, 11) is 1.61. The maximum Gasteiger partial charge on any atom is 0.232 e. The smallest absolute Gasteiger partial charge is 0.232 e. The number of hydrogen-bond donors (Lipinski definition) is 1. The molecular weight excluding hydrogens is 324 g/mol. The Bertz CT molecular complexity index is 600. The lowest BCUT2D eigenvalue weighted by atomic mass is 10.0. The average Bonchev–Trinajstić information content (AvgIpc) is 3.09. The van der Waals surface area contributed by atoms with E-state index in [0.717, 1.165) is 11.3 Å². The van der Waals surface area contributed by atoms with Crippen molar-refractivity contribution in [2.24, 2.45) is 0 Å². The summed E-state index contributed by atoms with van der Waals surface area (Å²) in [4.78, 5) is 26.0. The van der Waals surface area contributed by atoms with Crippen LogP contribution in [0.5, 0.6) is 5.75 Å². The fourth-order valence-electron chi connectivity index (χ4n) is 3.14. The first kappa shape index (κ1) is 17.7. The molecule has 7 heteroatoms. The van der Waals surface area contributed by atoms with E-state index in [1.807, 2.05) is 24.3 Å². The van der Waals surface area contributed by atoms with Gasteiger partial charge >= 0.3 is 0 Å². The fraction of sp³-hybridized carbons (Fsp3) is 0.556. The molecule has 2 aliphatic rings. The van der Waals surface area contributed by atoms with Crippen LogP contribution in [0.4, 0.5) is 0 Å². The highest BCUT2D eigenvalue weighted by molar-refractivity contribution is 5.96.